The fraction of sp³-hybridized carbons (Fsp3) is 0.438. The van der Waals surface area contributed by atoms with Gasteiger partial charge in [0.15, 0.2) is 0 Å². The monoisotopic (exact) mass is 273 g/mol. The quantitative estimate of drug-likeness (QED) is 0.841. The lowest BCUT2D eigenvalue weighted by Crippen LogP contribution is -2.29. The smallest absolute Gasteiger partial charge is 0.119 e. The zero-order valence-electron chi connectivity index (χ0n) is 12.5. The fourth-order valence-electron chi connectivity index (χ4n) is 2.33. The molecule has 0 radical (unpaired) electrons. The molecule has 4 nitrogen and oxygen atoms in total. The number of likely N-dealkylation sites (N-methyl/N-ethyl adjacent to an activating group) is 1. The number of aryl methyl sites for hydroxylation is 1. The molecule has 2 aromatic rings. The van der Waals surface area contributed by atoms with Crippen LogP contribution < -0.4 is 10.1 Å². The second-order valence-electron chi connectivity index (χ2n) is 4.95. The Morgan fingerprint density at radius 3 is 2.75 bits per heavy atom. The number of ether oxygens (including phenoxy) is 1. The fourth-order valence-corrected chi connectivity index (χ4v) is 2.33. The first kappa shape index (κ1) is 14.6. The van der Waals surface area contributed by atoms with Gasteiger partial charge in [-0.15, -0.1) is 0 Å². The van der Waals surface area contributed by atoms with Crippen LogP contribution in [0.1, 0.15) is 18.1 Å². The summed E-state index contributed by atoms with van der Waals surface area (Å²) in [5, 5.41) is 7.71. The van der Waals surface area contributed by atoms with Crippen LogP contribution in [0.3, 0.4) is 0 Å². The van der Waals surface area contributed by atoms with Crippen molar-refractivity contribution in [3.05, 3.63) is 47.8 Å². The molecule has 0 amide bonds. The molecule has 1 aromatic carbocycles. The van der Waals surface area contributed by atoms with Crippen molar-refractivity contribution >= 4 is 0 Å². The highest BCUT2D eigenvalue weighted by molar-refractivity contribution is 5.29. The molecule has 0 bridgehead atoms. The van der Waals surface area contributed by atoms with E-state index in [2.05, 4.69) is 35.7 Å². The van der Waals surface area contributed by atoms with Crippen LogP contribution in [-0.4, -0.2) is 30.0 Å². The van der Waals surface area contributed by atoms with Crippen molar-refractivity contribution in [1.82, 2.24) is 15.1 Å². The van der Waals surface area contributed by atoms with Gasteiger partial charge in [-0.05, 0) is 50.1 Å². The Bertz CT molecular complexity index is 536. The summed E-state index contributed by atoms with van der Waals surface area (Å²) >= 11 is 0. The first-order valence-electron chi connectivity index (χ1n) is 7.06. The van der Waals surface area contributed by atoms with Crippen molar-refractivity contribution in [1.29, 1.82) is 0 Å². The summed E-state index contributed by atoms with van der Waals surface area (Å²) in [5.74, 6) is 0.913. The number of hydrogen-bond acceptors (Lipinski definition) is 3. The maximum atomic E-state index is 5.27. The largest absolute Gasteiger partial charge is 0.497 e. The zero-order chi connectivity index (χ0) is 14.4. The molecule has 4 heteroatoms. The highest BCUT2D eigenvalue weighted by Crippen LogP contribution is 2.15. The first-order chi connectivity index (χ1) is 9.75. The van der Waals surface area contributed by atoms with Crippen LogP contribution in [-0.2, 0) is 19.4 Å². The standard InChI is InChI=1S/C16H23N3O/c1-4-19-12-14(11-18-19)9-15(17-2)8-13-6-5-7-16(10-13)20-3/h5-7,10-12,15,17H,4,8-9H2,1-3H3. The van der Waals surface area contributed by atoms with Crippen molar-refractivity contribution in [2.24, 2.45) is 0 Å². The Kier molecular flexibility index (Phi) is 5.18. The molecule has 0 aliphatic rings. The number of rotatable bonds is 7. The van der Waals surface area contributed by atoms with Crippen LogP contribution in [0.15, 0.2) is 36.7 Å². The Morgan fingerprint density at radius 2 is 2.10 bits per heavy atom. The molecule has 1 atom stereocenters. The molecule has 1 N–H and O–H groups in total. The molecule has 0 aliphatic carbocycles. The minimum atomic E-state index is 0.400. The minimum absolute atomic E-state index is 0.400. The van der Waals surface area contributed by atoms with E-state index in [1.165, 1.54) is 11.1 Å². The van der Waals surface area contributed by atoms with Gasteiger partial charge in [0.2, 0.25) is 0 Å². The topological polar surface area (TPSA) is 39.1 Å². The highest BCUT2D eigenvalue weighted by Gasteiger charge is 2.10. The second-order valence-corrected chi connectivity index (χ2v) is 4.95. The summed E-state index contributed by atoms with van der Waals surface area (Å²) < 4.78 is 7.24. The third kappa shape index (κ3) is 3.84. The minimum Gasteiger partial charge on any atom is -0.497 e. The number of methoxy groups -OCH3 is 1. The maximum absolute atomic E-state index is 5.27. The number of benzene rings is 1. The van der Waals surface area contributed by atoms with Crippen LogP contribution in [0.5, 0.6) is 5.75 Å². The summed E-state index contributed by atoms with van der Waals surface area (Å²) in [7, 11) is 3.71. The van der Waals surface area contributed by atoms with E-state index in [9.17, 15) is 0 Å². The molecular weight excluding hydrogens is 250 g/mol. The van der Waals surface area contributed by atoms with E-state index in [1.807, 2.05) is 30.1 Å². The average Bonchev–Trinajstić information content (AvgIpc) is 2.94. The molecule has 1 aromatic heterocycles. The van der Waals surface area contributed by atoms with Crippen LogP contribution in [0.25, 0.3) is 0 Å². The van der Waals surface area contributed by atoms with Crippen LogP contribution in [0, 0.1) is 0 Å². The molecule has 0 aliphatic heterocycles. The van der Waals surface area contributed by atoms with E-state index in [0.717, 1.165) is 25.1 Å². The van der Waals surface area contributed by atoms with Gasteiger partial charge in [0.25, 0.3) is 0 Å². The SMILES string of the molecule is CCn1cc(CC(Cc2cccc(OC)c2)NC)cn1. The van der Waals surface area contributed by atoms with Gasteiger partial charge < -0.3 is 10.1 Å². The van der Waals surface area contributed by atoms with Gasteiger partial charge in [0, 0.05) is 18.8 Å². The lowest BCUT2D eigenvalue weighted by Gasteiger charge is -2.15. The van der Waals surface area contributed by atoms with Gasteiger partial charge in [-0.3, -0.25) is 4.68 Å². The Labute approximate surface area is 120 Å². The molecule has 0 fully saturated rings. The summed E-state index contributed by atoms with van der Waals surface area (Å²) in [4.78, 5) is 0. The summed E-state index contributed by atoms with van der Waals surface area (Å²) in [5.41, 5.74) is 2.56. The lowest BCUT2D eigenvalue weighted by atomic mass is 10.0. The molecular formula is C16H23N3O. The predicted octanol–water partition coefficient (Wildman–Crippen LogP) is 2.28. The van der Waals surface area contributed by atoms with Crippen molar-refractivity contribution in [3.63, 3.8) is 0 Å². The number of aromatic nitrogens is 2. The van der Waals surface area contributed by atoms with Gasteiger partial charge in [0.1, 0.15) is 5.75 Å². The zero-order valence-corrected chi connectivity index (χ0v) is 12.5. The van der Waals surface area contributed by atoms with E-state index in [0.29, 0.717) is 6.04 Å². The third-order valence-corrected chi connectivity index (χ3v) is 3.52. The highest BCUT2D eigenvalue weighted by atomic mass is 16.5. The average molecular weight is 273 g/mol. The normalized spacial score (nSPS) is 12.3. The van der Waals surface area contributed by atoms with Gasteiger partial charge in [-0.1, -0.05) is 12.1 Å². The Hall–Kier alpha value is -1.81. The van der Waals surface area contributed by atoms with E-state index < -0.39 is 0 Å². The van der Waals surface area contributed by atoms with E-state index in [1.54, 1.807) is 7.11 Å². The van der Waals surface area contributed by atoms with Crippen molar-refractivity contribution in [2.75, 3.05) is 14.2 Å². The molecule has 108 valence electrons. The Balaban J connectivity index is 2.00. The molecule has 20 heavy (non-hydrogen) atoms. The van der Waals surface area contributed by atoms with E-state index in [4.69, 9.17) is 4.74 Å². The molecule has 0 saturated carbocycles. The first-order valence-corrected chi connectivity index (χ1v) is 7.06. The molecule has 0 saturated heterocycles. The molecule has 0 spiro atoms. The van der Waals surface area contributed by atoms with E-state index in [-0.39, 0.29) is 0 Å². The van der Waals surface area contributed by atoms with Crippen molar-refractivity contribution < 1.29 is 4.74 Å². The molecule has 2 rings (SSSR count). The number of nitrogens with one attached hydrogen (secondary N) is 1. The van der Waals surface area contributed by atoms with Gasteiger partial charge in [-0.25, -0.2) is 0 Å². The second kappa shape index (κ2) is 7.10. The van der Waals surface area contributed by atoms with Crippen LogP contribution in [0.2, 0.25) is 0 Å². The Morgan fingerprint density at radius 1 is 1.30 bits per heavy atom. The van der Waals surface area contributed by atoms with Gasteiger partial charge in [0.05, 0.1) is 13.3 Å². The lowest BCUT2D eigenvalue weighted by molar-refractivity contribution is 0.414. The number of hydrogen-bond donors (Lipinski definition) is 1. The maximum Gasteiger partial charge on any atom is 0.119 e. The van der Waals surface area contributed by atoms with Crippen molar-refractivity contribution in [3.8, 4) is 5.75 Å². The predicted molar refractivity (Wildman–Crippen MR) is 81.2 cm³/mol. The molecule has 1 heterocycles. The van der Waals surface area contributed by atoms with Crippen LogP contribution >= 0.6 is 0 Å². The van der Waals surface area contributed by atoms with Gasteiger partial charge in [-0.2, -0.15) is 5.10 Å². The van der Waals surface area contributed by atoms with Crippen molar-refractivity contribution in [2.45, 2.75) is 32.4 Å². The summed E-state index contributed by atoms with van der Waals surface area (Å²) in [6.07, 6.45) is 6.04. The summed E-state index contributed by atoms with van der Waals surface area (Å²) in [6.45, 7) is 3.02. The third-order valence-electron chi connectivity index (χ3n) is 3.52. The number of nitrogens with zero attached hydrogens (tertiary/aromatic N) is 2. The molecule has 1 unspecified atom stereocenters. The van der Waals surface area contributed by atoms with Crippen LogP contribution in [0.4, 0.5) is 0 Å². The van der Waals surface area contributed by atoms with E-state index >= 15 is 0 Å². The summed E-state index contributed by atoms with van der Waals surface area (Å²) in [6, 6.07) is 8.65. The van der Waals surface area contributed by atoms with Gasteiger partial charge >= 0.3 is 0 Å².